The van der Waals surface area contributed by atoms with Crippen LogP contribution in [0.5, 0.6) is 0 Å². The number of halogens is 3. The van der Waals surface area contributed by atoms with Crippen LogP contribution in [-0.4, -0.2) is 31.4 Å². The van der Waals surface area contributed by atoms with Gasteiger partial charge in [0.25, 0.3) is 5.56 Å². The van der Waals surface area contributed by atoms with E-state index in [1.54, 1.807) is 6.20 Å². The Hall–Kier alpha value is -3.46. The molecule has 2 N–H and O–H groups in total. The Kier molecular flexibility index (Phi) is 4.62. The van der Waals surface area contributed by atoms with Crippen molar-refractivity contribution in [2.24, 2.45) is 0 Å². The van der Waals surface area contributed by atoms with Crippen molar-refractivity contribution in [3.05, 3.63) is 81.5 Å². The lowest BCUT2D eigenvalue weighted by Gasteiger charge is -2.27. The van der Waals surface area contributed by atoms with Crippen LogP contribution in [0.3, 0.4) is 0 Å². The summed E-state index contributed by atoms with van der Waals surface area (Å²) in [6, 6.07) is 8.54. The van der Waals surface area contributed by atoms with Crippen molar-refractivity contribution in [2.45, 2.75) is 25.7 Å². The normalized spacial score (nSPS) is 14.7. The molecular formula is C22H18F3N5O. The van der Waals surface area contributed by atoms with Gasteiger partial charge >= 0.3 is 6.18 Å². The van der Waals surface area contributed by atoms with Gasteiger partial charge in [0.2, 0.25) is 0 Å². The summed E-state index contributed by atoms with van der Waals surface area (Å²) in [7, 11) is 0. The maximum absolute atomic E-state index is 12.8. The second-order valence-electron chi connectivity index (χ2n) is 7.59. The Morgan fingerprint density at radius 1 is 1.13 bits per heavy atom. The number of hydrogen-bond acceptors (Lipinski definition) is 4. The van der Waals surface area contributed by atoms with Gasteiger partial charge < -0.3 is 9.97 Å². The van der Waals surface area contributed by atoms with Gasteiger partial charge in [-0.05, 0) is 36.2 Å². The average molecular weight is 425 g/mol. The largest absolute Gasteiger partial charge is 0.416 e. The van der Waals surface area contributed by atoms with Gasteiger partial charge in [0.05, 0.1) is 11.3 Å². The van der Waals surface area contributed by atoms with Crippen molar-refractivity contribution >= 4 is 11.0 Å². The Balaban J connectivity index is 1.42. The lowest BCUT2D eigenvalue weighted by molar-refractivity contribution is -0.137. The number of nitrogens with zero attached hydrogens (tertiary/aromatic N) is 3. The molecular weight excluding hydrogens is 407 g/mol. The SMILES string of the molecule is O=c1[nH]c(-c2ccc(C(F)(F)F)cc2)nc2c1CCN(Cc1c[nH]c3ncccc13)C2. The number of aromatic nitrogens is 4. The summed E-state index contributed by atoms with van der Waals surface area (Å²) in [5.41, 5.74) is 2.68. The van der Waals surface area contributed by atoms with Crippen LogP contribution in [0.15, 0.2) is 53.6 Å². The third kappa shape index (κ3) is 3.72. The van der Waals surface area contributed by atoms with Gasteiger partial charge in [0, 0.05) is 48.5 Å². The Morgan fingerprint density at radius 2 is 1.94 bits per heavy atom. The van der Waals surface area contributed by atoms with Crippen molar-refractivity contribution in [1.82, 2.24) is 24.8 Å². The van der Waals surface area contributed by atoms with E-state index in [0.717, 1.165) is 28.7 Å². The number of fused-ring (bicyclic) bond motifs is 2. The fraction of sp³-hybridized carbons (Fsp3) is 0.227. The molecule has 0 bridgehead atoms. The second kappa shape index (κ2) is 7.35. The molecule has 0 saturated carbocycles. The molecule has 0 fully saturated rings. The van der Waals surface area contributed by atoms with Crippen molar-refractivity contribution < 1.29 is 13.2 Å². The highest BCUT2D eigenvalue weighted by Crippen LogP contribution is 2.30. The van der Waals surface area contributed by atoms with Gasteiger partial charge in [-0.15, -0.1) is 0 Å². The van der Waals surface area contributed by atoms with E-state index >= 15 is 0 Å². The molecule has 0 aliphatic carbocycles. The molecule has 158 valence electrons. The highest BCUT2D eigenvalue weighted by Gasteiger charge is 2.30. The van der Waals surface area contributed by atoms with Crippen molar-refractivity contribution in [2.75, 3.05) is 6.54 Å². The van der Waals surface area contributed by atoms with Crippen LogP contribution < -0.4 is 5.56 Å². The van der Waals surface area contributed by atoms with Gasteiger partial charge in [-0.2, -0.15) is 13.2 Å². The molecule has 4 heterocycles. The fourth-order valence-corrected chi connectivity index (χ4v) is 3.97. The van der Waals surface area contributed by atoms with Gasteiger partial charge in [0.15, 0.2) is 0 Å². The molecule has 0 amide bonds. The lowest BCUT2D eigenvalue weighted by atomic mass is 10.0. The minimum absolute atomic E-state index is 0.240. The predicted molar refractivity (Wildman–Crippen MR) is 109 cm³/mol. The van der Waals surface area contributed by atoms with Crippen LogP contribution in [0, 0.1) is 0 Å². The standard InChI is InChI=1S/C22H18F3N5O/c23-22(24,25)15-5-3-13(4-6-15)19-28-18-12-30(9-7-17(18)21(31)29-19)11-14-10-27-20-16(14)2-1-8-26-20/h1-6,8,10H,7,9,11-12H2,(H,26,27)(H,28,29,31). The summed E-state index contributed by atoms with van der Waals surface area (Å²) in [5, 5.41) is 1.05. The molecule has 0 unspecified atom stereocenters. The first-order valence-corrected chi connectivity index (χ1v) is 9.81. The molecule has 0 spiro atoms. The second-order valence-corrected chi connectivity index (χ2v) is 7.59. The fourth-order valence-electron chi connectivity index (χ4n) is 3.97. The van der Waals surface area contributed by atoms with Crippen LogP contribution in [0.4, 0.5) is 13.2 Å². The highest BCUT2D eigenvalue weighted by atomic mass is 19.4. The van der Waals surface area contributed by atoms with E-state index in [2.05, 4.69) is 24.8 Å². The molecule has 0 saturated heterocycles. The number of pyridine rings is 1. The minimum Gasteiger partial charge on any atom is -0.346 e. The van der Waals surface area contributed by atoms with Gasteiger partial charge in [-0.1, -0.05) is 12.1 Å². The Bertz CT molecular complexity index is 1310. The van der Waals surface area contributed by atoms with E-state index in [1.807, 2.05) is 18.3 Å². The number of benzene rings is 1. The Morgan fingerprint density at radius 3 is 2.71 bits per heavy atom. The molecule has 1 aromatic carbocycles. The zero-order valence-corrected chi connectivity index (χ0v) is 16.3. The maximum Gasteiger partial charge on any atom is 0.416 e. The van der Waals surface area contributed by atoms with Crippen LogP contribution in [0.1, 0.15) is 22.4 Å². The number of alkyl halides is 3. The summed E-state index contributed by atoms with van der Waals surface area (Å²) < 4.78 is 38.5. The Labute approximate surface area is 174 Å². The molecule has 31 heavy (non-hydrogen) atoms. The molecule has 0 atom stereocenters. The molecule has 3 aromatic heterocycles. The van der Waals surface area contributed by atoms with Gasteiger partial charge in [-0.3, -0.25) is 9.69 Å². The third-order valence-corrected chi connectivity index (χ3v) is 5.57. The summed E-state index contributed by atoms with van der Waals surface area (Å²) in [5.74, 6) is 0.274. The van der Waals surface area contributed by atoms with Crippen molar-refractivity contribution in [3.63, 3.8) is 0 Å². The lowest BCUT2D eigenvalue weighted by Crippen LogP contribution is -2.35. The smallest absolute Gasteiger partial charge is 0.346 e. The molecule has 0 radical (unpaired) electrons. The molecule has 5 rings (SSSR count). The molecule has 1 aliphatic heterocycles. The number of H-pyrrole nitrogens is 2. The van der Waals surface area contributed by atoms with E-state index in [-0.39, 0.29) is 11.4 Å². The number of nitrogens with one attached hydrogen (secondary N) is 2. The van der Waals surface area contributed by atoms with E-state index in [4.69, 9.17) is 0 Å². The first-order chi connectivity index (χ1) is 14.9. The van der Waals surface area contributed by atoms with Gasteiger partial charge in [-0.25, -0.2) is 9.97 Å². The molecule has 9 heteroatoms. The van der Waals surface area contributed by atoms with Crippen LogP contribution in [-0.2, 0) is 25.7 Å². The minimum atomic E-state index is -4.41. The summed E-state index contributed by atoms with van der Waals surface area (Å²) in [6.45, 7) is 1.87. The number of aromatic amines is 2. The number of hydrogen-bond donors (Lipinski definition) is 2. The summed E-state index contributed by atoms with van der Waals surface area (Å²) in [4.78, 5) is 29.5. The topological polar surface area (TPSA) is 77.7 Å². The number of rotatable bonds is 3. The van der Waals surface area contributed by atoms with Crippen molar-refractivity contribution in [3.8, 4) is 11.4 Å². The highest BCUT2D eigenvalue weighted by molar-refractivity contribution is 5.79. The summed E-state index contributed by atoms with van der Waals surface area (Å²) in [6.07, 6.45) is -0.177. The van der Waals surface area contributed by atoms with E-state index in [1.165, 1.54) is 12.1 Å². The predicted octanol–water partition coefficient (Wildman–Crippen LogP) is 3.89. The van der Waals surface area contributed by atoms with E-state index in [0.29, 0.717) is 42.9 Å². The van der Waals surface area contributed by atoms with Crippen molar-refractivity contribution in [1.29, 1.82) is 0 Å². The molecule has 1 aliphatic rings. The average Bonchev–Trinajstić information content (AvgIpc) is 3.16. The zero-order chi connectivity index (χ0) is 21.6. The first-order valence-electron chi connectivity index (χ1n) is 9.81. The summed E-state index contributed by atoms with van der Waals surface area (Å²) >= 11 is 0. The van der Waals surface area contributed by atoms with Crippen LogP contribution in [0.2, 0.25) is 0 Å². The van der Waals surface area contributed by atoms with Gasteiger partial charge in [0.1, 0.15) is 11.5 Å². The first kappa shape index (κ1) is 19.5. The zero-order valence-electron chi connectivity index (χ0n) is 16.3. The van der Waals surface area contributed by atoms with Crippen LogP contribution in [0.25, 0.3) is 22.4 Å². The quantitative estimate of drug-likeness (QED) is 0.522. The van der Waals surface area contributed by atoms with Crippen LogP contribution >= 0.6 is 0 Å². The van der Waals surface area contributed by atoms with E-state index < -0.39 is 11.7 Å². The molecule has 6 nitrogen and oxygen atoms in total. The third-order valence-electron chi connectivity index (χ3n) is 5.57. The maximum atomic E-state index is 12.8. The van der Waals surface area contributed by atoms with E-state index in [9.17, 15) is 18.0 Å². The molecule has 4 aromatic rings. The monoisotopic (exact) mass is 425 g/mol.